The molecule has 150 valence electrons. The molecule has 1 amide bonds. The largest absolute Gasteiger partial charge is 0.490 e. The molecule has 3 rings (SSSR count). The molecule has 1 heterocycles. The van der Waals surface area contributed by atoms with Crippen molar-refractivity contribution < 1.29 is 28.6 Å². The highest BCUT2D eigenvalue weighted by atomic mass is 32.2. The maximum atomic E-state index is 13.3. The maximum absolute atomic E-state index is 13.3. The van der Waals surface area contributed by atoms with Crippen molar-refractivity contribution in [2.75, 3.05) is 13.2 Å². The number of halogens is 1. The molecule has 1 saturated heterocycles. The zero-order chi connectivity index (χ0) is 20.8. The summed E-state index contributed by atoms with van der Waals surface area (Å²) in [7, 11) is 0. The van der Waals surface area contributed by atoms with Crippen LogP contribution in [0.2, 0.25) is 0 Å². The van der Waals surface area contributed by atoms with Crippen molar-refractivity contribution in [3.8, 4) is 11.5 Å². The van der Waals surface area contributed by atoms with E-state index in [9.17, 15) is 14.0 Å². The number of amides is 1. The summed E-state index contributed by atoms with van der Waals surface area (Å²) in [6, 6.07) is 10.7. The second-order valence-corrected chi connectivity index (χ2v) is 6.81. The number of thioether (sulfide) groups is 1. The van der Waals surface area contributed by atoms with Crippen LogP contribution in [0.25, 0.3) is 6.08 Å². The van der Waals surface area contributed by atoms with Crippen LogP contribution in [0, 0.1) is 5.82 Å². The average molecular weight is 416 g/mol. The minimum absolute atomic E-state index is 0.299. The van der Waals surface area contributed by atoms with E-state index in [2.05, 4.69) is 10.3 Å². The van der Waals surface area contributed by atoms with E-state index in [1.54, 1.807) is 37.3 Å². The van der Waals surface area contributed by atoms with Crippen LogP contribution in [0.15, 0.2) is 52.4 Å². The number of rotatable bonds is 7. The predicted molar refractivity (Wildman–Crippen MR) is 108 cm³/mol. The van der Waals surface area contributed by atoms with E-state index < -0.39 is 18.4 Å². The lowest BCUT2D eigenvalue weighted by atomic mass is 10.2. The predicted octanol–water partition coefficient (Wildman–Crippen LogP) is 3.58. The van der Waals surface area contributed by atoms with Gasteiger partial charge in [0.05, 0.1) is 17.2 Å². The molecule has 0 saturated carbocycles. The van der Waals surface area contributed by atoms with Crippen LogP contribution in [-0.4, -0.2) is 35.4 Å². The highest BCUT2D eigenvalue weighted by Gasteiger charge is 2.24. The van der Waals surface area contributed by atoms with Gasteiger partial charge in [0.25, 0.3) is 5.91 Å². The molecule has 29 heavy (non-hydrogen) atoms. The molecule has 1 aliphatic rings. The molecule has 2 N–H and O–H groups in total. The van der Waals surface area contributed by atoms with Gasteiger partial charge in [0.1, 0.15) is 5.82 Å². The van der Waals surface area contributed by atoms with Gasteiger partial charge in [-0.25, -0.2) is 14.2 Å². The van der Waals surface area contributed by atoms with Crippen LogP contribution in [-0.2, 0) is 9.59 Å². The van der Waals surface area contributed by atoms with E-state index in [0.717, 1.165) is 11.8 Å². The summed E-state index contributed by atoms with van der Waals surface area (Å²) in [4.78, 5) is 27.6. The third-order valence-electron chi connectivity index (χ3n) is 3.61. The summed E-state index contributed by atoms with van der Waals surface area (Å²) >= 11 is 1.13. The summed E-state index contributed by atoms with van der Waals surface area (Å²) in [6.45, 7) is 1.67. The smallest absolute Gasteiger partial charge is 0.341 e. The third kappa shape index (κ3) is 5.58. The van der Waals surface area contributed by atoms with Crippen LogP contribution >= 0.6 is 11.8 Å². The molecule has 0 unspecified atom stereocenters. The summed E-state index contributed by atoms with van der Waals surface area (Å²) in [5.41, 5.74) is 1.06. The van der Waals surface area contributed by atoms with Gasteiger partial charge in [0, 0.05) is 0 Å². The van der Waals surface area contributed by atoms with Crippen molar-refractivity contribution in [3.63, 3.8) is 0 Å². The molecule has 0 radical (unpaired) electrons. The van der Waals surface area contributed by atoms with Gasteiger partial charge in [-0.05, 0) is 60.7 Å². The van der Waals surface area contributed by atoms with Crippen molar-refractivity contribution in [2.45, 2.75) is 6.92 Å². The lowest BCUT2D eigenvalue weighted by Crippen LogP contribution is -2.19. The Kier molecular flexibility index (Phi) is 6.50. The highest BCUT2D eigenvalue weighted by molar-refractivity contribution is 8.18. The number of ether oxygens (including phenoxy) is 2. The van der Waals surface area contributed by atoms with E-state index in [4.69, 9.17) is 14.6 Å². The van der Waals surface area contributed by atoms with E-state index in [-0.39, 0.29) is 5.91 Å². The number of nitrogens with zero attached hydrogens (tertiary/aromatic N) is 1. The van der Waals surface area contributed by atoms with E-state index in [0.29, 0.717) is 39.4 Å². The molecular formula is C20H17FN2O5S. The zero-order valence-corrected chi connectivity index (χ0v) is 16.2. The molecule has 1 aliphatic heterocycles. The normalized spacial score (nSPS) is 16.1. The van der Waals surface area contributed by atoms with Crippen LogP contribution < -0.4 is 14.8 Å². The number of aliphatic imine (C=N–C) groups is 1. The lowest BCUT2D eigenvalue weighted by molar-refractivity contribution is -0.139. The number of hydrogen-bond acceptors (Lipinski definition) is 6. The molecular weight excluding hydrogens is 399 g/mol. The lowest BCUT2D eigenvalue weighted by Gasteiger charge is -2.11. The Bertz CT molecular complexity index is 1010. The first-order valence-electron chi connectivity index (χ1n) is 8.61. The van der Waals surface area contributed by atoms with E-state index in [1.165, 1.54) is 18.2 Å². The quantitative estimate of drug-likeness (QED) is 0.670. The van der Waals surface area contributed by atoms with Crippen molar-refractivity contribution >= 4 is 40.6 Å². The van der Waals surface area contributed by atoms with Gasteiger partial charge in [-0.15, -0.1) is 0 Å². The molecule has 7 nitrogen and oxygen atoms in total. The van der Waals surface area contributed by atoms with Gasteiger partial charge in [-0.3, -0.25) is 4.79 Å². The zero-order valence-electron chi connectivity index (χ0n) is 15.3. The van der Waals surface area contributed by atoms with Crippen molar-refractivity contribution in [1.82, 2.24) is 5.32 Å². The number of carbonyl (C=O) groups excluding carboxylic acids is 1. The van der Waals surface area contributed by atoms with Gasteiger partial charge < -0.3 is 19.9 Å². The summed E-state index contributed by atoms with van der Waals surface area (Å²) < 4.78 is 24.0. The topological polar surface area (TPSA) is 97.2 Å². The number of hydrogen-bond donors (Lipinski definition) is 2. The van der Waals surface area contributed by atoms with E-state index in [1.807, 2.05) is 0 Å². The van der Waals surface area contributed by atoms with Crippen molar-refractivity contribution in [2.24, 2.45) is 4.99 Å². The van der Waals surface area contributed by atoms with Crippen molar-refractivity contribution in [1.29, 1.82) is 0 Å². The van der Waals surface area contributed by atoms with Gasteiger partial charge in [-0.1, -0.05) is 12.1 Å². The molecule has 0 aliphatic carbocycles. The molecule has 2 aromatic rings. The minimum atomic E-state index is -1.09. The van der Waals surface area contributed by atoms with Crippen LogP contribution in [0.5, 0.6) is 11.5 Å². The molecule has 0 spiro atoms. The molecule has 9 heteroatoms. The number of amidine groups is 1. The van der Waals surface area contributed by atoms with Gasteiger partial charge >= 0.3 is 5.97 Å². The number of carboxylic acids is 1. The molecule has 2 aromatic carbocycles. The van der Waals surface area contributed by atoms with Gasteiger partial charge in [-0.2, -0.15) is 0 Å². The first-order chi connectivity index (χ1) is 13.9. The summed E-state index contributed by atoms with van der Waals surface area (Å²) in [5.74, 6) is -1.16. The second-order valence-electron chi connectivity index (χ2n) is 5.78. The number of nitrogens with one attached hydrogen (secondary N) is 1. The molecule has 0 bridgehead atoms. The Morgan fingerprint density at radius 2 is 2.07 bits per heavy atom. The third-order valence-corrected chi connectivity index (χ3v) is 4.52. The van der Waals surface area contributed by atoms with Crippen LogP contribution in [0.1, 0.15) is 12.5 Å². The van der Waals surface area contributed by atoms with E-state index >= 15 is 0 Å². The Balaban J connectivity index is 1.81. The van der Waals surface area contributed by atoms with Crippen LogP contribution in [0.3, 0.4) is 0 Å². The maximum Gasteiger partial charge on any atom is 0.341 e. The number of benzene rings is 2. The summed E-state index contributed by atoms with van der Waals surface area (Å²) in [6.07, 6.45) is 1.65. The summed E-state index contributed by atoms with van der Waals surface area (Å²) in [5, 5.41) is 11.7. The number of carboxylic acid groups (broad SMARTS) is 1. The Morgan fingerprint density at radius 3 is 2.79 bits per heavy atom. The first-order valence-corrected chi connectivity index (χ1v) is 9.43. The van der Waals surface area contributed by atoms with Crippen molar-refractivity contribution in [3.05, 3.63) is 58.8 Å². The fraction of sp³-hybridized carbons (Fsp3) is 0.150. The SMILES string of the molecule is CCOc1cc(/C=C2/SC(=Nc3cccc(F)c3)NC2=O)ccc1OCC(=O)O. The van der Waals surface area contributed by atoms with Gasteiger partial charge in [0.2, 0.25) is 0 Å². The Morgan fingerprint density at radius 1 is 1.24 bits per heavy atom. The fourth-order valence-corrected chi connectivity index (χ4v) is 3.28. The fourth-order valence-electron chi connectivity index (χ4n) is 2.44. The highest BCUT2D eigenvalue weighted by Crippen LogP contribution is 2.32. The van der Waals surface area contributed by atoms with Crippen LogP contribution in [0.4, 0.5) is 10.1 Å². The standard InChI is InChI=1S/C20H17FN2O5S/c1-2-27-16-8-12(6-7-15(16)28-11-18(24)25)9-17-19(26)23-20(29-17)22-14-5-3-4-13(21)10-14/h3-10H,2,11H2,1H3,(H,24,25)(H,22,23,26)/b17-9+. The second kappa shape index (κ2) is 9.24. The molecule has 1 fully saturated rings. The van der Waals surface area contributed by atoms with Gasteiger partial charge in [0.15, 0.2) is 23.3 Å². The number of aliphatic carboxylic acids is 1. The Hall–Kier alpha value is -3.33. The average Bonchev–Trinajstić information content (AvgIpc) is 3.00. The number of carbonyl (C=O) groups is 2. The minimum Gasteiger partial charge on any atom is -0.490 e. The Labute approximate surface area is 170 Å². The molecule has 0 aromatic heterocycles. The monoisotopic (exact) mass is 416 g/mol. The first kappa shape index (κ1) is 20.4. The molecule has 0 atom stereocenters.